The Bertz CT molecular complexity index is 815. The zero-order valence-electron chi connectivity index (χ0n) is 15.8. The first-order chi connectivity index (χ1) is 13.3. The molecule has 3 aliphatic carbocycles. The molecule has 1 aromatic heterocycles. The van der Waals surface area contributed by atoms with E-state index >= 15 is 0 Å². The maximum atomic E-state index is 13.4. The van der Waals surface area contributed by atoms with Crippen molar-refractivity contribution in [2.45, 2.75) is 56.0 Å². The van der Waals surface area contributed by atoms with E-state index in [9.17, 15) is 18.4 Å². The van der Waals surface area contributed by atoms with Gasteiger partial charge in [-0.15, -0.1) is 0 Å². The average molecular weight is 393 g/mol. The van der Waals surface area contributed by atoms with E-state index in [1.807, 2.05) is 17.8 Å². The van der Waals surface area contributed by atoms with Gasteiger partial charge in [0.2, 0.25) is 5.91 Å². The highest BCUT2D eigenvalue weighted by Gasteiger charge is 2.75. The Balaban J connectivity index is 1.24. The second kappa shape index (κ2) is 5.90. The van der Waals surface area contributed by atoms with Gasteiger partial charge in [0.15, 0.2) is 0 Å². The van der Waals surface area contributed by atoms with Gasteiger partial charge in [0.1, 0.15) is 0 Å². The molecule has 0 radical (unpaired) electrons. The van der Waals surface area contributed by atoms with Crippen LogP contribution in [0.1, 0.15) is 43.7 Å². The van der Waals surface area contributed by atoms with Crippen LogP contribution in [0.5, 0.6) is 0 Å². The summed E-state index contributed by atoms with van der Waals surface area (Å²) in [6, 6.07) is -0.217. The van der Waals surface area contributed by atoms with Crippen molar-refractivity contribution in [1.29, 1.82) is 0 Å². The van der Waals surface area contributed by atoms with Gasteiger partial charge in [0.25, 0.3) is 5.92 Å². The molecule has 0 aromatic carbocycles. The number of amides is 3. The number of hydrogen-bond acceptors (Lipinski definition) is 3. The third kappa shape index (κ3) is 2.95. The minimum atomic E-state index is -2.56. The number of aromatic nitrogens is 2. The van der Waals surface area contributed by atoms with Crippen LogP contribution in [0.3, 0.4) is 0 Å². The number of carbonyl (C=O) groups excluding carboxylic acids is 2. The SMILES string of the molecule is Cn1cnc([C@@H]2CN(C(=O)NC3CC4(C3)CC4(F)F)C[C@H]2C(=O)NC2CC2)c1. The normalized spacial score (nSPS) is 35.5. The van der Waals surface area contributed by atoms with Crippen molar-refractivity contribution in [3.8, 4) is 0 Å². The van der Waals surface area contributed by atoms with Crippen LogP contribution in [0.25, 0.3) is 0 Å². The number of urea groups is 1. The maximum absolute atomic E-state index is 13.4. The van der Waals surface area contributed by atoms with E-state index in [4.69, 9.17) is 0 Å². The molecule has 5 rings (SSSR count). The first-order valence-electron chi connectivity index (χ1n) is 9.98. The topological polar surface area (TPSA) is 79.3 Å². The van der Waals surface area contributed by atoms with Crippen molar-refractivity contribution in [2.24, 2.45) is 18.4 Å². The van der Waals surface area contributed by atoms with Gasteiger partial charge in [-0.1, -0.05) is 0 Å². The quantitative estimate of drug-likeness (QED) is 0.816. The van der Waals surface area contributed by atoms with Crippen molar-refractivity contribution < 1.29 is 18.4 Å². The lowest BCUT2D eigenvalue weighted by Gasteiger charge is -2.37. The van der Waals surface area contributed by atoms with Gasteiger partial charge in [0, 0.05) is 56.2 Å². The Labute approximate surface area is 161 Å². The fourth-order valence-electron chi connectivity index (χ4n) is 4.77. The number of carbonyl (C=O) groups is 2. The van der Waals surface area contributed by atoms with E-state index in [0.717, 1.165) is 18.5 Å². The molecular weight excluding hydrogens is 368 g/mol. The number of alkyl halides is 2. The zero-order valence-corrected chi connectivity index (χ0v) is 15.8. The molecule has 28 heavy (non-hydrogen) atoms. The molecule has 2 N–H and O–H groups in total. The Hall–Kier alpha value is -2.19. The van der Waals surface area contributed by atoms with Crippen molar-refractivity contribution in [3.63, 3.8) is 0 Å². The minimum absolute atomic E-state index is 0.0336. The van der Waals surface area contributed by atoms with Gasteiger partial charge >= 0.3 is 6.03 Å². The third-order valence-electron chi connectivity index (χ3n) is 6.79. The molecule has 0 bridgehead atoms. The highest BCUT2D eigenvalue weighted by Crippen LogP contribution is 2.70. The molecule has 1 spiro atoms. The van der Waals surface area contributed by atoms with Crippen LogP contribution in [0.15, 0.2) is 12.5 Å². The van der Waals surface area contributed by atoms with Crippen molar-refractivity contribution >= 4 is 11.9 Å². The molecule has 9 heteroatoms. The highest BCUT2D eigenvalue weighted by atomic mass is 19.3. The predicted octanol–water partition coefficient (Wildman–Crippen LogP) is 1.61. The number of nitrogens with one attached hydrogen (secondary N) is 2. The Morgan fingerprint density at radius 1 is 1.18 bits per heavy atom. The Morgan fingerprint density at radius 3 is 2.46 bits per heavy atom. The molecule has 1 aromatic rings. The van der Waals surface area contributed by atoms with Crippen molar-refractivity contribution in [1.82, 2.24) is 25.1 Å². The van der Waals surface area contributed by atoms with Gasteiger partial charge in [-0.2, -0.15) is 0 Å². The average Bonchev–Trinajstić information content (AvgIpc) is 3.36. The summed E-state index contributed by atoms with van der Waals surface area (Å²) in [7, 11) is 1.87. The molecule has 7 nitrogen and oxygen atoms in total. The molecule has 3 saturated carbocycles. The molecule has 0 unspecified atom stereocenters. The number of hydrogen-bond donors (Lipinski definition) is 2. The maximum Gasteiger partial charge on any atom is 0.317 e. The fourth-order valence-corrected chi connectivity index (χ4v) is 4.77. The summed E-state index contributed by atoms with van der Waals surface area (Å²) in [5, 5.41) is 5.92. The summed E-state index contributed by atoms with van der Waals surface area (Å²) in [4.78, 5) is 31.4. The molecule has 152 valence electrons. The van der Waals surface area contributed by atoms with Crippen LogP contribution in [0.4, 0.5) is 13.6 Å². The Kier molecular flexibility index (Phi) is 3.77. The second-order valence-corrected chi connectivity index (χ2v) is 9.08. The van der Waals surface area contributed by atoms with E-state index in [-0.39, 0.29) is 42.3 Å². The van der Waals surface area contributed by atoms with Crippen LogP contribution >= 0.6 is 0 Å². The summed E-state index contributed by atoms with van der Waals surface area (Å²) in [6.45, 7) is 0.722. The number of likely N-dealkylation sites (tertiary alicyclic amines) is 1. The smallest absolute Gasteiger partial charge is 0.317 e. The summed E-state index contributed by atoms with van der Waals surface area (Å²) in [5.41, 5.74) is -0.0620. The van der Waals surface area contributed by atoms with Crippen LogP contribution in [-0.2, 0) is 11.8 Å². The summed E-state index contributed by atoms with van der Waals surface area (Å²) >= 11 is 0. The summed E-state index contributed by atoms with van der Waals surface area (Å²) < 4.78 is 28.5. The lowest BCUT2D eigenvalue weighted by molar-refractivity contribution is -0.125. The van der Waals surface area contributed by atoms with Gasteiger partial charge in [-0.3, -0.25) is 4.79 Å². The number of halogens is 2. The zero-order chi connectivity index (χ0) is 19.7. The van der Waals surface area contributed by atoms with E-state index in [1.54, 1.807) is 11.2 Å². The largest absolute Gasteiger partial charge is 0.353 e. The van der Waals surface area contributed by atoms with E-state index in [1.165, 1.54) is 0 Å². The van der Waals surface area contributed by atoms with E-state index in [2.05, 4.69) is 15.6 Å². The second-order valence-electron chi connectivity index (χ2n) is 9.08. The van der Waals surface area contributed by atoms with Gasteiger partial charge in [-0.05, 0) is 25.7 Å². The number of nitrogens with zero attached hydrogens (tertiary/aromatic N) is 3. The predicted molar refractivity (Wildman–Crippen MR) is 95.7 cm³/mol. The monoisotopic (exact) mass is 393 g/mol. The van der Waals surface area contributed by atoms with Gasteiger partial charge in [-0.25, -0.2) is 18.6 Å². The molecule has 4 fully saturated rings. The first-order valence-corrected chi connectivity index (χ1v) is 9.98. The third-order valence-corrected chi connectivity index (χ3v) is 6.79. The fraction of sp³-hybridized carbons (Fsp3) is 0.737. The molecular formula is C19H25F2N5O2. The van der Waals surface area contributed by atoms with Crippen molar-refractivity contribution in [3.05, 3.63) is 18.2 Å². The molecule has 2 atom stereocenters. The van der Waals surface area contributed by atoms with Crippen LogP contribution in [0.2, 0.25) is 0 Å². The Morgan fingerprint density at radius 2 is 1.89 bits per heavy atom. The van der Waals surface area contributed by atoms with Crippen LogP contribution in [-0.4, -0.2) is 57.5 Å². The molecule has 1 aliphatic heterocycles. The first kappa shape index (κ1) is 17.9. The standard InChI is InChI=1S/C19H25F2N5O2/c1-25-8-15(22-10-25)13-6-26(7-14(13)16(27)23-11-2-3-11)17(28)24-12-4-18(5-12)9-19(18,20)21/h8,10-14H,2-7,9H2,1H3,(H,23,27)(H,24,28)/t12?,13-,14-,18?/m1/s1. The van der Waals surface area contributed by atoms with Crippen molar-refractivity contribution in [2.75, 3.05) is 13.1 Å². The van der Waals surface area contributed by atoms with Crippen LogP contribution in [0, 0.1) is 11.3 Å². The lowest BCUT2D eigenvalue weighted by Crippen LogP contribution is -2.51. The molecule has 4 aliphatic rings. The van der Waals surface area contributed by atoms with Gasteiger partial charge in [0.05, 0.1) is 17.9 Å². The van der Waals surface area contributed by atoms with E-state index in [0.29, 0.717) is 25.9 Å². The van der Waals surface area contributed by atoms with Crippen LogP contribution < -0.4 is 10.6 Å². The molecule has 2 heterocycles. The van der Waals surface area contributed by atoms with E-state index < -0.39 is 11.3 Å². The number of imidazole rings is 1. The number of aryl methyl sites for hydroxylation is 1. The number of rotatable bonds is 4. The lowest BCUT2D eigenvalue weighted by atomic mass is 9.76. The molecule has 3 amide bonds. The van der Waals surface area contributed by atoms with Gasteiger partial charge < -0.3 is 20.1 Å². The minimum Gasteiger partial charge on any atom is -0.353 e. The molecule has 1 saturated heterocycles. The summed E-state index contributed by atoms with van der Waals surface area (Å²) in [6.07, 6.45) is 6.22. The summed E-state index contributed by atoms with van der Waals surface area (Å²) in [5.74, 6) is -3.10. The highest BCUT2D eigenvalue weighted by molar-refractivity contribution is 5.83.